The van der Waals surface area contributed by atoms with Gasteiger partial charge in [-0.2, -0.15) is 0 Å². The van der Waals surface area contributed by atoms with Crippen LogP contribution < -0.4 is 11.1 Å². The second-order valence-corrected chi connectivity index (χ2v) is 4.79. The largest absolute Gasteiger partial charge is 0.371 e. The average molecular weight is 218 g/mol. The highest BCUT2D eigenvalue weighted by molar-refractivity contribution is 5.88. The van der Waals surface area contributed by atoms with E-state index >= 15 is 0 Å². The Morgan fingerprint density at radius 1 is 1.44 bits per heavy atom. The van der Waals surface area contributed by atoms with Gasteiger partial charge in [0.05, 0.1) is 0 Å². The van der Waals surface area contributed by atoms with E-state index in [4.69, 9.17) is 5.73 Å². The van der Waals surface area contributed by atoms with Gasteiger partial charge in [0, 0.05) is 5.69 Å². The summed E-state index contributed by atoms with van der Waals surface area (Å²) in [6.07, 6.45) is 2.72. The van der Waals surface area contributed by atoms with Gasteiger partial charge in [-0.05, 0) is 37.3 Å². The standard InChI is InChI=1S/C13H18N2O/c1-10-7-8-13(9-10,12(14)16)15-11-5-3-2-4-6-11/h2-6,10,15H,7-9H2,1H3,(H2,14,16). The van der Waals surface area contributed by atoms with Gasteiger partial charge in [0.2, 0.25) is 5.91 Å². The molecule has 0 heterocycles. The van der Waals surface area contributed by atoms with Crippen LogP contribution >= 0.6 is 0 Å². The zero-order valence-corrected chi connectivity index (χ0v) is 9.57. The van der Waals surface area contributed by atoms with E-state index in [2.05, 4.69) is 12.2 Å². The summed E-state index contributed by atoms with van der Waals surface area (Å²) < 4.78 is 0. The number of amides is 1. The van der Waals surface area contributed by atoms with Gasteiger partial charge >= 0.3 is 0 Å². The Kier molecular flexibility index (Phi) is 2.86. The monoisotopic (exact) mass is 218 g/mol. The van der Waals surface area contributed by atoms with E-state index in [1.807, 2.05) is 30.3 Å². The first-order chi connectivity index (χ1) is 7.62. The Balaban J connectivity index is 2.19. The zero-order valence-electron chi connectivity index (χ0n) is 9.57. The van der Waals surface area contributed by atoms with Gasteiger partial charge in [0.15, 0.2) is 0 Å². The van der Waals surface area contributed by atoms with Crippen LogP contribution in [-0.4, -0.2) is 11.4 Å². The average Bonchev–Trinajstić information content (AvgIpc) is 2.63. The molecule has 0 bridgehead atoms. The molecule has 0 aromatic heterocycles. The molecule has 1 aliphatic carbocycles. The number of nitrogens with one attached hydrogen (secondary N) is 1. The highest BCUT2D eigenvalue weighted by Crippen LogP contribution is 2.36. The number of hydrogen-bond acceptors (Lipinski definition) is 2. The van der Waals surface area contributed by atoms with Crippen LogP contribution in [-0.2, 0) is 4.79 Å². The highest BCUT2D eigenvalue weighted by Gasteiger charge is 2.42. The fraction of sp³-hybridized carbons (Fsp3) is 0.462. The molecule has 1 aliphatic rings. The molecule has 0 radical (unpaired) electrons. The predicted molar refractivity (Wildman–Crippen MR) is 65.0 cm³/mol. The number of anilines is 1. The van der Waals surface area contributed by atoms with Crippen LogP contribution in [0.4, 0.5) is 5.69 Å². The van der Waals surface area contributed by atoms with Crippen molar-refractivity contribution in [3.05, 3.63) is 30.3 Å². The SMILES string of the molecule is CC1CCC(Nc2ccccc2)(C(N)=O)C1. The number of nitrogens with two attached hydrogens (primary N) is 1. The zero-order chi connectivity index (χ0) is 11.6. The summed E-state index contributed by atoms with van der Waals surface area (Å²) >= 11 is 0. The lowest BCUT2D eigenvalue weighted by molar-refractivity contribution is -0.122. The van der Waals surface area contributed by atoms with E-state index in [1.54, 1.807) is 0 Å². The van der Waals surface area contributed by atoms with Crippen molar-refractivity contribution in [1.82, 2.24) is 0 Å². The molecular formula is C13H18N2O. The van der Waals surface area contributed by atoms with Crippen molar-refractivity contribution in [3.63, 3.8) is 0 Å². The van der Waals surface area contributed by atoms with Crippen LogP contribution in [0.1, 0.15) is 26.2 Å². The molecule has 16 heavy (non-hydrogen) atoms. The predicted octanol–water partition coefficient (Wildman–Crippen LogP) is 2.14. The molecular weight excluding hydrogens is 200 g/mol. The van der Waals surface area contributed by atoms with Gasteiger partial charge in [-0.25, -0.2) is 0 Å². The molecule has 3 nitrogen and oxygen atoms in total. The van der Waals surface area contributed by atoms with Gasteiger partial charge in [0.1, 0.15) is 5.54 Å². The summed E-state index contributed by atoms with van der Waals surface area (Å²) in [6, 6.07) is 9.80. The summed E-state index contributed by atoms with van der Waals surface area (Å²) in [5.74, 6) is 0.324. The van der Waals surface area contributed by atoms with E-state index in [-0.39, 0.29) is 5.91 Å². The number of primary amides is 1. The Bertz CT molecular complexity index is 377. The number of rotatable bonds is 3. The highest BCUT2D eigenvalue weighted by atomic mass is 16.1. The van der Waals surface area contributed by atoms with Crippen LogP contribution in [0.3, 0.4) is 0 Å². The normalized spacial score (nSPS) is 28.9. The van der Waals surface area contributed by atoms with Crippen molar-refractivity contribution < 1.29 is 4.79 Å². The summed E-state index contributed by atoms with van der Waals surface area (Å²) in [4.78, 5) is 11.6. The second-order valence-electron chi connectivity index (χ2n) is 4.79. The van der Waals surface area contributed by atoms with Gasteiger partial charge in [-0.1, -0.05) is 25.1 Å². The fourth-order valence-electron chi connectivity index (χ4n) is 2.49. The first kappa shape index (κ1) is 11.0. The lowest BCUT2D eigenvalue weighted by Gasteiger charge is -2.28. The van der Waals surface area contributed by atoms with Gasteiger partial charge < -0.3 is 11.1 Å². The van der Waals surface area contributed by atoms with Gasteiger partial charge in [-0.15, -0.1) is 0 Å². The molecule has 1 aromatic rings. The topological polar surface area (TPSA) is 55.1 Å². The van der Waals surface area contributed by atoms with E-state index in [1.165, 1.54) is 0 Å². The van der Waals surface area contributed by atoms with Crippen molar-refractivity contribution in [3.8, 4) is 0 Å². The van der Waals surface area contributed by atoms with E-state index in [0.29, 0.717) is 5.92 Å². The Morgan fingerprint density at radius 2 is 2.12 bits per heavy atom. The minimum absolute atomic E-state index is 0.235. The quantitative estimate of drug-likeness (QED) is 0.816. The summed E-state index contributed by atoms with van der Waals surface area (Å²) in [7, 11) is 0. The summed E-state index contributed by atoms with van der Waals surface area (Å²) in [5, 5.41) is 3.31. The number of carbonyl (C=O) groups excluding carboxylic acids is 1. The first-order valence-corrected chi connectivity index (χ1v) is 5.75. The second kappa shape index (κ2) is 4.16. The molecule has 86 valence electrons. The third-order valence-corrected chi connectivity index (χ3v) is 3.39. The summed E-state index contributed by atoms with van der Waals surface area (Å²) in [6.45, 7) is 2.16. The molecule has 2 rings (SSSR count). The van der Waals surface area contributed by atoms with E-state index < -0.39 is 5.54 Å². The molecule has 1 aromatic carbocycles. The maximum atomic E-state index is 11.6. The fourth-order valence-corrected chi connectivity index (χ4v) is 2.49. The molecule has 2 atom stereocenters. The molecule has 0 aliphatic heterocycles. The van der Waals surface area contributed by atoms with E-state index in [0.717, 1.165) is 24.9 Å². The maximum absolute atomic E-state index is 11.6. The van der Waals surface area contributed by atoms with Crippen LogP contribution in [0.25, 0.3) is 0 Å². The molecule has 3 N–H and O–H groups in total. The molecule has 0 saturated heterocycles. The Morgan fingerprint density at radius 3 is 2.62 bits per heavy atom. The molecule has 0 spiro atoms. The molecule has 1 amide bonds. The van der Waals surface area contributed by atoms with Crippen molar-refractivity contribution in [1.29, 1.82) is 0 Å². The van der Waals surface area contributed by atoms with Gasteiger partial charge in [0.25, 0.3) is 0 Å². The van der Waals surface area contributed by atoms with Crippen LogP contribution in [0, 0.1) is 5.92 Å². The van der Waals surface area contributed by atoms with Crippen molar-refractivity contribution in [2.75, 3.05) is 5.32 Å². The Labute approximate surface area is 96.0 Å². The molecule has 3 heteroatoms. The summed E-state index contributed by atoms with van der Waals surface area (Å²) in [5.41, 5.74) is 5.97. The number of hydrogen-bond donors (Lipinski definition) is 2. The van der Waals surface area contributed by atoms with Crippen LogP contribution in [0.15, 0.2) is 30.3 Å². The first-order valence-electron chi connectivity index (χ1n) is 5.75. The van der Waals surface area contributed by atoms with Crippen LogP contribution in [0.5, 0.6) is 0 Å². The number of benzene rings is 1. The third kappa shape index (κ3) is 2.03. The lowest BCUT2D eigenvalue weighted by atomic mass is 9.95. The van der Waals surface area contributed by atoms with Gasteiger partial charge in [-0.3, -0.25) is 4.79 Å². The van der Waals surface area contributed by atoms with Crippen LogP contribution in [0.2, 0.25) is 0 Å². The smallest absolute Gasteiger partial charge is 0.243 e. The minimum Gasteiger partial charge on any atom is -0.371 e. The van der Waals surface area contributed by atoms with Crippen molar-refractivity contribution >= 4 is 11.6 Å². The molecule has 1 saturated carbocycles. The maximum Gasteiger partial charge on any atom is 0.243 e. The molecule has 1 fully saturated rings. The van der Waals surface area contributed by atoms with Crippen molar-refractivity contribution in [2.45, 2.75) is 31.7 Å². The number of para-hydroxylation sites is 1. The Hall–Kier alpha value is -1.51. The molecule has 2 unspecified atom stereocenters. The minimum atomic E-state index is -0.541. The number of carbonyl (C=O) groups is 1. The van der Waals surface area contributed by atoms with Crippen molar-refractivity contribution in [2.24, 2.45) is 11.7 Å². The van der Waals surface area contributed by atoms with E-state index in [9.17, 15) is 4.79 Å². The third-order valence-electron chi connectivity index (χ3n) is 3.39. The lowest BCUT2D eigenvalue weighted by Crippen LogP contribution is -2.48.